The number of thiophene rings is 1. The Morgan fingerprint density at radius 3 is 3.00 bits per heavy atom. The van der Waals surface area contributed by atoms with Crippen molar-refractivity contribution in [2.45, 2.75) is 19.9 Å². The molecule has 0 fully saturated rings. The van der Waals surface area contributed by atoms with Gasteiger partial charge in [-0.2, -0.15) is 4.98 Å². The molecule has 0 saturated heterocycles. The largest absolute Gasteiger partial charge is 0.332 e. The van der Waals surface area contributed by atoms with Crippen LogP contribution in [0.3, 0.4) is 0 Å². The second kappa shape index (κ2) is 7.47. The first-order valence-corrected chi connectivity index (χ1v) is 10.1. The third-order valence-electron chi connectivity index (χ3n) is 4.44. The van der Waals surface area contributed by atoms with Gasteiger partial charge in [0.1, 0.15) is 10.7 Å². The summed E-state index contributed by atoms with van der Waals surface area (Å²) < 4.78 is 5.52. The summed E-state index contributed by atoms with van der Waals surface area (Å²) in [4.78, 5) is 14.9. The molecule has 0 amide bonds. The molecule has 0 aliphatic carbocycles. The van der Waals surface area contributed by atoms with Gasteiger partial charge in [0.05, 0.1) is 4.88 Å². The summed E-state index contributed by atoms with van der Waals surface area (Å²) in [6.07, 6.45) is 2.88. The van der Waals surface area contributed by atoms with Crippen molar-refractivity contribution < 1.29 is 4.52 Å². The molecule has 1 N–H and O–H groups in total. The SMILES string of the molecule is Cc1ncc2c(c1-c1noc(-c3csc(-c4cccs4)n3)n1)CCNC2.Cl. The lowest BCUT2D eigenvalue weighted by Gasteiger charge is -2.19. The van der Waals surface area contributed by atoms with Crippen LogP contribution in [0.15, 0.2) is 33.6 Å². The predicted molar refractivity (Wildman–Crippen MR) is 109 cm³/mol. The van der Waals surface area contributed by atoms with Gasteiger partial charge in [-0.15, -0.1) is 35.1 Å². The van der Waals surface area contributed by atoms with Crippen LogP contribution in [0.4, 0.5) is 0 Å². The Labute approximate surface area is 170 Å². The molecule has 5 heterocycles. The molecule has 138 valence electrons. The van der Waals surface area contributed by atoms with E-state index >= 15 is 0 Å². The van der Waals surface area contributed by atoms with Crippen molar-refractivity contribution in [3.05, 3.63) is 45.9 Å². The van der Waals surface area contributed by atoms with Gasteiger partial charge in [0, 0.05) is 29.4 Å². The first-order chi connectivity index (χ1) is 12.8. The van der Waals surface area contributed by atoms with Crippen LogP contribution < -0.4 is 5.32 Å². The Morgan fingerprint density at radius 2 is 2.15 bits per heavy atom. The van der Waals surface area contributed by atoms with E-state index in [0.29, 0.717) is 17.4 Å². The van der Waals surface area contributed by atoms with E-state index in [2.05, 4.69) is 31.5 Å². The Hall–Kier alpha value is -2.13. The molecule has 9 heteroatoms. The Bertz CT molecular complexity index is 1070. The Morgan fingerprint density at radius 1 is 1.22 bits per heavy atom. The standard InChI is InChI=1S/C18H15N5OS2.ClH/c1-10-15(12-4-5-19-7-11(12)8-20-10)16-22-17(24-23-16)13-9-26-18(21-13)14-3-2-6-25-14;/h2-3,6,8-9,19H,4-5,7H2,1H3;1H. The zero-order chi connectivity index (χ0) is 17.5. The van der Waals surface area contributed by atoms with Crippen LogP contribution in [0.2, 0.25) is 0 Å². The molecule has 0 bridgehead atoms. The maximum atomic E-state index is 5.52. The van der Waals surface area contributed by atoms with E-state index in [4.69, 9.17) is 4.52 Å². The maximum absolute atomic E-state index is 5.52. The van der Waals surface area contributed by atoms with Crippen molar-refractivity contribution in [2.24, 2.45) is 0 Å². The highest BCUT2D eigenvalue weighted by Crippen LogP contribution is 2.33. The molecule has 27 heavy (non-hydrogen) atoms. The van der Waals surface area contributed by atoms with Crippen LogP contribution in [0.25, 0.3) is 32.9 Å². The number of fused-ring (bicyclic) bond motifs is 1. The zero-order valence-corrected chi connectivity index (χ0v) is 16.9. The highest BCUT2D eigenvalue weighted by Gasteiger charge is 2.22. The van der Waals surface area contributed by atoms with Gasteiger partial charge in [-0.05, 0) is 42.5 Å². The predicted octanol–water partition coefficient (Wildman–Crippen LogP) is 4.36. The highest BCUT2D eigenvalue weighted by molar-refractivity contribution is 7.20. The average Bonchev–Trinajstić information content (AvgIpc) is 3.41. The lowest BCUT2D eigenvalue weighted by molar-refractivity contribution is 0.431. The zero-order valence-electron chi connectivity index (χ0n) is 14.4. The fourth-order valence-electron chi connectivity index (χ4n) is 3.18. The number of hydrogen-bond donors (Lipinski definition) is 1. The van der Waals surface area contributed by atoms with Gasteiger partial charge in [0.2, 0.25) is 5.82 Å². The molecule has 5 rings (SSSR count). The topological polar surface area (TPSA) is 76.7 Å². The monoisotopic (exact) mass is 417 g/mol. The van der Waals surface area contributed by atoms with Gasteiger partial charge in [0.15, 0.2) is 0 Å². The molecule has 0 spiro atoms. The number of thiazole rings is 1. The molecule has 0 saturated carbocycles. The Balaban J connectivity index is 0.00000180. The summed E-state index contributed by atoms with van der Waals surface area (Å²) in [5.74, 6) is 1.04. The third kappa shape index (κ3) is 3.29. The second-order valence-corrected chi connectivity index (χ2v) is 7.89. The second-order valence-electron chi connectivity index (χ2n) is 6.09. The van der Waals surface area contributed by atoms with E-state index in [1.807, 2.05) is 29.9 Å². The molecule has 0 atom stereocenters. The van der Waals surface area contributed by atoms with E-state index in [9.17, 15) is 0 Å². The van der Waals surface area contributed by atoms with Gasteiger partial charge >= 0.3 is 0 Å². The number of aromatic nitrogens is 4. The lowest BCUT2D eigenvalue weighted by atomic mass is 9.95. The van der Waals surface area contributed by atoms with Crippen LogP contribution in [0.5, 0.6) is 0 Å². The number of pyridine rings is 1. The van der Waals surface area contributed by atoms with E-state index in [1.54, 1.807) is 22.7 Å². The molecule has 6 nitrogen and oxygen atoms in total. The molecular formula is C18H16ClN5OS2. The number of halogens is 1. The van der Waals surface area contributed by atoms with Crippen LogP contribution in [0, 0.1) is 6.92 Å². The summed E-state index contributed by atoms with van der Waals surface area (Å²) in [5, 5.41) is 12.6. The number of nitrogens with one attached hydrogen (secondary N) is 1. The average molecular weight is 418 g/mol. The van der Waals surface area contributed by atoms with E-state index in [-0.39, 0.29) is 12.4 Å². The van der Waals surface area contributed by atoms with Gasteiger partial charge in [-0.1, -0.05) is 11.2 Å². The molecule has 0 radical (unpaired) electrons. The van der Waals surface area contributed by atoms with Crippen molar-refractivity contribution >= 4 is 35.1 Å². The van der Waals surface area contributed by atoms with Crippen LogP contribution in [-0.4, -0.2) is 26.7 Å². The minimum absolute atomic E-state index is 0. The van der Waals surface area contributed by atoms with Crippen molar-refractivity contribution in [1.29, 1.82) is 0 Å². The smallest absolute Gasteiger partial charge is 0.277 e. The van der Waals surface area contributed by atoms with E-state index in [1.165, 1.54) is 11.1 Å². The summed E-state index contributed by atoms with van der Waals surface area (Å²) >= 11 is 3.26. The van der Waals surface area contributed by atoms with Crippen molar-refractivity contribution in [3.63, 3.8) is 0 Å². The van der Waals surface area contributed by atoms with Gasteiger partial charge in [0.25, 0.3) is 5.89 Å². The van der Waals surface area contributed by atoms with Crippen LogP contribution >= 0.6 is 35.1 Å². The lowest BCUT2D eigenvalue weighted by Crippen LogP contribution is -2.24. The maximum Gasteiger partial charge on any atom is 0.277 e. The Kier molecular flexibility index (Phi) is 5.05. The molecule has 4 aromatic heterocycles. The summed E-state index contributed by atoms with van der Waals surface area (Å²) in [5.41, 5.74) is 5.11. The molecule has 0 unspecified atom stereocenters. The molecule has 1 aliphatic heterocycles. The fourth-order valence-corrected chi connectivity index (χ4v) is 4.79. The number of rotatable bonds is 3. The van der Waals surface area contributed by atoms with Crippen LogP contribution in [-0.2, 0) is 13.0 Å². The van der Waals surface area contributed by atoms with Gasteiger partial charge in [-0.3, -0.25) is 4.98 Å². The minimum Gasteiger partial charge on any atom is -0.332 e. The molecule has 4 aromatic rings. The summed E-state index contributed by atoms with van der Waals surface area (Å²) in [7, 11) is 0. The third-order valence-corrected chi connectivity index (χ3v) is 6.32. The van der Waals surface area contributed by atoms with Crippen molar-refractivity contribution in [1.82, 2.24) is 25.4 Å². The summed E-state index contributed by atoms with van der Waals surface area (Å²) in [6.45, 7) is 3.77. The number of hydrogen-bond acceptors (Lipinski definition) is 8. The molecule has 0 aromatic carbocycles. The summed E-state index contributed by atoms with van der Waals surface area (Å²) in [6, 6.07) is 4.08. The normalized spacial score (nSPS) is 13.2. The first kappa shape index (κ1) is 18.2. The first-order valence-electron chi connectivity index (χ1n) is 8.31. The van der Waals surface area contributed by atoms with E-state index in [0.717, 1.165) is 40.7 Å². The quantitative estimate of drug-likeness (QED) is 0.533. The van der Waals surface area contributed by atoms with Crippen LogP contribution in [0.1, 0.15) is 16.8 Å². The van der Waals surface area contributed by atoms with Gasteiger partial charge in [-0.25, -0.2) is 4.98 Å². The number of aryl methyl sites for hydroxylation is 1. The van der Waals surface area contributed by atoms with E-state index < -0.39 is 0 Å². The highest BCUT2D eigenvalue weighted by atomic mass is 35.5. The number of nitrogens with zero attached hydrogens (tertiary/aromatic N) is 4. The molecule has 1 aliphatic rings. The fraction of sp³-hybridized carbons (Fsp3) is 0.222. The van der Waals surface area contributed by atoms with Crippen molar-refractivity contribution in [2.75, 3.05) is 6.54 Å². The molecular weight excluding hydrogens is 402 g/mol. The minimum atomic E-state index is 0. The van der Waals surface area contributed by atoms with Crippen molar-refractivity contribution in [3.8, 4) is 32.9 Å². The van der Waals surface area contributed by atoms with Gasteiger partial charge < -0.3 is 9.84 Å².